The fourth-order valence-electron chi connectivity index (χ4n) is 9.44. The third-order valence-corrected chi connectivity index (χ3v) is 15.5. The van der Waals surface area contributed by atoms with E-state index < -0.39 is 71.0 Å². The Labute approximate surface area is 623 Å². The van der Waals surface area contributed by atoms with Crippen LogP contribution < -0.4 is 67.4 Å². The molecular weight excluding hydrogens is 1450 g/mol. The third-order valence-electron chi connectivity index (χ3n) is 14.6. The number of hydrogen-bond donors (Lipinski definition) is 10. The first-order valence-corrected chi connectivity index (χ1v) is 32.6. The average molecular weight is 1520 g/mol. The minimum absolute atomic E-state index is 0.00214. The van der Waals surface area contributed by atoms with Crippen molar-refractivity contribution in [1.82, 2.24) is 45.0 Å². The molecule has 0 radical (unpaired) electrons. The minimum Gasteiger partial charge on any atom is -0.495 e. The van der Waals surface area contributed by atoms with Crippen LogP contribution in [0.2, 0.25) is 15.1 Å². The van der Waals surface area contributed by atoms with Crippen molar-refractivity contribution < 1.29 is 66.1 Å². The lowest BCUT2D eigenvalue weighted by Crippen LogP contribution is -2.30. The molecule has 0 saturated carbocycles. The number of hydrogen-bond acceptors (Lipinski definition) is 24. The van der Waals surface area contributed by atoms with Gasteiger partial charge >= 0.3 is 0 Å². The van der Waals surface area contributed by atoms with Gasteiger partial charge in [0.15, 0.2) is 29.1 Å². The van der Waals surface area contributed by atoms with Gasteiger partial charge in [-0.3, -0.25) is 43.2 Å². The number of carbonyl (C=O) groups is 9. The molecule has 0 fully saturated rings. The number of amides is 6. The Kier molecular flexibility index (Phi) is 25.9. The van der Waals surface area contributed by atoms with Crippen molar-refractivity contribution in [2.45, 2.75) is 6.92 Å². The molecule has 9 aromatic rings. The number of likely N-dealkylation sites (N-methyl/N-ethyl adjacent to an activating group) is 3. The first-order chi connectivity index (χ1) is 51.2. The van der Waals surface area contributed by atoms with Crippen molar-refractivity contribution in [3.05, 3.63) is 214 Å². The van der Waals surface area contributed by atoms with Gasteiger partial charge in [-0.2, -0.15) is 15.0 Å². The van der Waals surface area contributed by atoms with E-state index in [1.807, 2.05) is 0 Å². The number of benzene rings is 6. The fourth-order valence-corrected chi connectivity index (χ4v) is 9.85. The van der Waals surface area contributed by atoms with E-state index >= 15 is 8.78 Å². The number of nitrogens with zero attached hydrogens (tertiary/aromatic N) is 8. The summed E-state index contributed by atoms with van der Waals surface area (Å²) < 4.78 is 50.0. The zero-order valence-corrected chi connectivity index (χ0v) is 59.8. The summed E-state index contributed by atoms with van der Waals surface area (Å²) in [6, 6.07) is 27.3. The monoisotopic (exact) mass is 1510 g/mol. The quantitative estimate of drug-likeness (QED) is 0.0110. The summed E-state index contributed by atoms with van der Waals surface area (Å²) in [7, 11) is 8.48. The van der Waals surface area contributed by atoms with Crippen LogP contribution >= 0.6 is 34.8 Å². The molecular formula is C72H63Cl3F2N18O12. The zero-order chi connectivity index (χ0) is 77.2. The maximum Gasteiger partial charge on any atom is 0.294 e. The molecule has 6 aromatic carbocycles. The van der Waals surface area contributed by atoms with Crippen LogP contribution in [-0.4, -0.2) is 148 Å². The summed E-state index contributed by atoms with van der Waals surface area (Å²) in [4.78, 5) is 145. The highest BCUT2D eigenvalue weighted by molar-refractivity contribution is 6.45. The Balaban J connectivity index is 0.926. The molecule has 35 heteroatoms. The Bertz CT molecular complexity index is 5090. The Hall–Kier alpha value is -13.5. The van der Waals surface area contributed by atoms with Crippen LogP contribution in [0.3, 0.4) is 0 Å². The van der Waals surface area contributed by atoms with Gasteiger partial charge in [-0.1, -0.05) is 77.8 Å². The molecule has 0 aliphatic carbocycles. The number of carbonyl (C=O) groups excluding carboxylic acids is 9. The molecule has 3 heterocycles. The van der Waals surface area contributed by atoms with Gasteiger partial charge < -0.3 is 77.2 Å². The molecule has 6 amide bonds. The molecule has 0 unspecified atom stereocenters. The molecule has 0 bridgehead atoms. The predicted molar refractivity (Wildman–Crippen MR) is 400 cm³/mol. The van der Waals surface area contributed by atoms with Gasteiger partial charge in [0, 0.05) is 65.2 Å². The number of para-hydroxylation sites is 3. The van der Waals surface area contributed by atoms with Crippen molar-refractivity contribution in [1.29, 1.82) is 0 Å². The summed E-state index contributed by atoms with van der Waals surface area (Å²) in [6.07, 6.45) is 8.08. The second-order valence-corrected chi connectivity index (χ2v) is 24.0. The van der Waals surface area contributed by atoms with Gasteiger partial charge in [0.1, 0.15) is 45.5 Å². The van der Waals surface area contributed by atoms with Gasteiger partial charge in [0.05, 0.1) is 87.9 Å². The largest absolute Gasteiger partial charge is 0.495 e. The number of ether oxygens (including phenoxy) is 3. The summed E-state index contributed by atoms with van der Waals surface area (Å²) >= 11 is 19.4. The third kappa shape index (κ3) is 20.3. The molecule has 10 N–H and O–H groups in total. The van der Waals surface area contributed by atoms with Crippen LogP contribution in [0.5, 0.6) is 17.2 Å². The number of anilines is 15. The van der Waals surface area contributed by atoms with E-state index in [0.29, 0.717) is 11.3 Å². The molecule has 0 atom stereocenters. The second-order valence-electron chi connectivity index (χ2n) is 22.8. The van der Waals surface area contributed by atoms with Crippen molar-refractivity contribution in [2.24, 2.45) is 0 Å². The van der Waals surface area contributed by atoms with Crippen LogP contribution in [0.1, 0.15) is 38.0 Å². The Morgan fingerprint density at radius 2 is 0.925 bits per heavy atom. The number of nitrogens with one attached hydrogen (secondary N) is 10. The van der Waals surface area contributed by atoms with E-state index in [1.165, 1.54) is 116 Å². The average Bonchev–Trinajstić information content (AvgIpc) is 0.819. The maximum absolute atomic E-state index is 16.5. The standard InChI is InChI=1S/C72H63Cl3F2N18O12/c1-9-58(96)83-53-31-50(88-70-79-33-42(73)64(91-70)85-47-20-13-10-17-39(47)61(99)67(102)78-3)45(76)29-56(53)106-26-16-23-59(97)84-54-32-51(89-71-80-34-43(74)65(92-71)86-48-21-14-11-18-40(48)62(100)68(103)94(4)5)46(77)30-57(54)107-36-37(2)27-60(98)82-38-24-25-55(105-8)52(28-38)90-72-81-35-44(75)66(93-72)87-49-22-15-12-19-41(49)63(101)69(104)95(6)7/h9-25,27-35H,1,26,36H2,2-8H3,(H,78,102)(H,82,98)(H,83,96)(H,84,97)(H2,79,85,88,91)(H2,80,86,89,92)(H2,81,87,90,93). The Morgan fingerprint density at radius 1 is 0.495 bits per heavy atom. The van der Waals surface area contributed by atoms with Crippen molar-refractivity contribution in [3.8, 4) is 17.2 Å². The molecule has 0 saturated heterocycles. The second kappa shape index (κ2) is 35.6. The van der Waals surface area contributed by atoms with Gasteiger partial charge in [-0.05, 0) is 91.4 Å². The van der Waals surface area contributed by atoms with Crippen LogP contribution in [0.15, 0.2) is 170 Å². The summed E-state index contributed by atoms with van der Waals surface area (Å²) in [5.41, 5.74) is 0.652. The Morgan fingerprint density at radius 3 is 1.36 bits per heavy atom. The van der Waals surface area contributed by atoms with E-state index in [-0.39, 0.29) is 136 Å². The van der Waals surface area contributed by atoms with Crippen LogP contribution in [0.4, 0.5) is 95.3 Å². The van der Waals surface area contributed by atoms with Crippen LogP contribution in [0.25, 0.3) is 0 Å². The highest BCUT2D eigenvalue weighted by Crippen LogP contribution is 2.38. The number of aromatic nitrogens is 6. The number of methoxy groups -OCH3 is 1. The number of ketones is 3. The molecule has 9 rings (SSSR count). The van der Waals surface area contributed by atoms with Gasteiger partial charge in [0.25, 0.3) is 35.1 Å². The van der Waals surface area contributed by atoms with Gasteiger partial charge in [-0.25, -0.2) is 23.7 Å². The first-order valence-electron chi connectivity index (χ1n) is 31.5. The first kappa shape index (κ1) is 77.7. The van der Waals surface area contributed by atoms with E-state index in [1.54, 1.807) is 61.5 Å². The van der Waals surface area contributed by atoms with Crippen molar-refractivity contribution in [3.63, 3.8) is 0 Å². The maximum atomic E-state index is 16.5. The van der Waals surface area contributed by atoms with Gasteiger partial charge in [0.2, 0.25) is 35.6 Å². The molecule has 0 aliphatic rings. The molecule has 3 aromatic heterocycles. The van der Waals surface area contributed by atoms with Crippen molar-refractivity contribution in [2.75, 3.05) is 103 Å². The predicted octanol–water partition coefficient (Wildman–Crippen LogP) is 11.9. The molecule has 0 aliphatic heterocycles. The fraction of sp³-hybridized carbons (Fsp3) is 0.125. The smallest absolute Gasteiger partial charge is 0.294 e. The van der Waals surface area contributed by atoms with Crippen LogP contribution in [-0.2, 0) is 28.8 Å². The molecule has 548 valence electrons. The highest BCUT2D eigenvalue weighted by Gasteiger charge is 2.26. The van der Waals surface area contributed by atoms with Crippen LogP contribution in [0, 0.1) is 11.6 Å². The summed E-state index contributed by atoms with van der Waals surface area (Å²) in [5, 5.41) is 27.5. The van der Waals surface area contributed by atoms with E-state index in [4.69, 9.17) is 49.0 Å². The lowest BCUT2D eigenvalue weighted by molar-refractivity contribution is -0.124. The summed E-state index contributed by atoms with van der Waals surface area (Å²) in [5.74, 6) is -9.60. The van der Waals surface area contributed by atoms with E-state index in [0.717, 1.165) is 40.2 Å². The lowest BCUT2D eigenvalue weighted by atomic mass is 10.1. The van der Waals surface area contributed by atoms with E-state index in [2.05, 4.69) is 89.7 Å². The highest BCUT2D eigenvalue weighted by atomic mass is 35.5. The SMILES string of the molecule is C=CC(=O)Nc1cc(Nc2ncc(Cl)c(Nc3ccccc3C(=O)C(=O)NC)n2)c(F)cc1OCC=CC(=O)Nc1cc(Nc2ncc(Cl)c(Nc3ccccc3C(=O)C(=O)N(C)C)n2)c(F)cc1OCC(C)=CC(=O)Nc1ccc(OC)c(Nc2ncc(Cl)c(Nc3ccccc3C(=O)C(=O)N(C)C)n2)c1. The normalized spacial score (nSPS) is 10.9. The van der Waals surface area contributed by atoms with Gasteiger partial charge in [-0.15, -0.1) is 0 Å². The van der Waals surface area contributed by atoms with E-state index in [9.17, 15) is 43.2 Å². The van der Waals surface area contributed by atoms with Crippen molar-refractivity contribution >= 4 is 174 Å². The number of Topliss-reactive ketones (excluding diaryl/α,β-unsaturated/α-hetero) is 3. The molecule has 0 spiro atoms. The lowest BCUT2D eigenvalue weighted by Gasteiger charge is -2.16. The zero-order valence-electron chi connectivity index (χ0n) is 57.5. The minimum atomic E-state index is -0.964. The number of rotatable bonds is 31. The molecule has 30 nitrogen and oxygen atoms in total. The topological polar surface area (TPSA) is 385 Å². The summed E-state index contributed by atoms with van der Waals surface area (Å²) in [6.45, 7) is 4.23. The molecule has 107 heavy (non-hydrogen) atoms. The number of halogens is 5.